The second-order valence-electron chi connectivity index (χ2n) is 10.1. The molecule has 0 spiro atoms. The van der Waals surface area contributed by atoms with E-state index in [1.807, 2.05) is 57.2 Å². The van der Waals surface area contributed by atoms with Crippen LogP contribution in [0.3, 0.4) is 0 Å². The van der Waals surface area contributed by atoms with Crippen LogP contribution in [0.4, 0.5) is 16.6 Å². The maximum Gasteiger partial charge on any atom is 0.410 e. The highest BCUT2D eigenvalue weighted by Crippen LogP contribution is 2.24. The predicted octanol–water partition coefficient (Wildman–Crippen LogP) is 4.08. The highest BCUT2D eigenvalue weighted by molar-refractivity contribution is 5.83. The van der Waals surface area contributed by atoms with Crippen molar-refractivity contribution in [3.05, 3.63) is 60.2 Å². The number of aromatic amines is 1. The summed E-state index contributed by atoms with van der Waals surface area (Å²) in [5.41, 5.74) is 4.10. The third kappa shape index (κ3) is 6.04. The van der Waals surface area contributed by atoms with Gasteiger partial charge in [0, 0.05) is 50.6 Å². The molecule has 1 amide bonds. The van der Waals surface area contributed by atoms with Crippen molar-refractivity contribution < 1.29 is 9.53 Å². The molecule has 5 rings (SSSR count). The molecule has 3 aromatic heterocycles. The highest BCUT2D eigenvalue weighted by atomic mass is 16.6. The number of nitrogens with zero attached hydrogens (tertiary/aromatic N) is 7. The molecule has 0 atom stereocenters. The van der Waals surface area contributed by atoms with Gasteiger partial charge in [-0.05, 0) is 50.6 Å². The average molecular weight is 512 g/mol. The summed E-state index contributed by atoms with van der Waals surface area (Å²) in [5, 5.41) is 12.4. The Hall–Kier alpha value is -4.56. The van der Waals surface area contributed by atoms with Crippen molar-refractivity contribution in [2.24, 2.45) is 0 Å². The Morgan fingerprint density at radius 1 is 1.11 bits per heavy atom. The van der Waals surface area contributed by atoms with Crippen LogP contribution in [0.2, 0.25) is 0 Å². The van der Waals surface area contributed by atoms with Crippen molar-refractivity contribution in [3.63, 3.8) is 0 Å². The fraction of sp³-hybridized carbons (Fsp3) is 0.333. The Morgan fingerprint density at radius 3 is 2.68 bits per heavy atom. The fourth-order valence-corrected chi connectivity index (χ4v) is 4.24. The van der Waals surface area contributed by atoms with E-state index in [0.29, 0.717) is 36.2 Å². The van der Waals surface area contributed by atoms with Crippen LogP contribution in [0.25, 0.3) is 22.3 Å². The molecule has 0 aliphatic carbocycles. The van der Waals surface area contributed by atoms with Gasteiger partial charge in [0.25, 0.3) is 0 Å². The van der Waals surface area contributed by atoms with Crippen molar-refractivity contribution in [1.82, 2.24) is 34.7 Å². The standard InChI is InChI=1S/C27H29N9O2/c1-27(2,3)38-26(37)36-10-8-35(9-11-36)16-18-6-7-29-24(12-18)34-25-32-21-5-4-19(13-23(21)33-25)22-14-20(15-28)30-17-31-22/h4-7,12-14,17H,8-11,16H2,1-3H3,(H2,29,32,33,34). The summed E-state index contributed by atoms with van der Waals surface area (Å²) in [6.45, 7) is 9.22. The normalized spacial score (nSPS) is 14.3. The van der Waals surface area contributed by atoms with Crippen LogP contribution in [0.1, 0.15) is 32.0 Å². The van der Waals surface area contributed by atoms with E-state index in [1.165, 1.54) is 6.33 Å². The number of rotatable bonds is 5. The number of benzene rings is 1. The Bertz CT molecular complexity index is 1490. The number of H-pyrrole nitrogens is 1. The summed E-state index contributed by atoms with van der Waals surface area (Å²) in [4.78, 5) is 37.0. The molecule has 4 aromatic rings. The molecule has 38 heavy (non-hydrogen) atoms. The molecule has 11 nitrogen and oxygen atoms in total. The van der Waals surface area contributed by atoms with Gasteiger partial charge in [-0.15, -0.1) is 0 Å². The van der Waals surface area contributed by atoms with Crippen LogP contribution in [-0.2, 0) is 11.3 Å². The molecule has 1 aliphatic rings. The van der Waals surface area contributed by atoms with Gasteiger partial charge in [0.05, 0.1) is 16.7 Å². The second kappa shape index (κ2) is 10.4. The van der Waals surface area contributed by atoms with Crippen LogP contribution in [0.15, 0.2) is 48.9 Å². The Morgan fingerprint density at radius 2 is 1.92 bits per heavy atom. The lowest BCUT2D eigenvalue weighted by atomic mass is 10.1. The lowest BCUT2D eigenvalue weighted by molar-refractivity contribution is 0.0139. The number of fused-ring (bicyclic) bond motifs is 1. The number of carbonyl (C=O) groups excluding carboxylic acids is 1. The number of imidazole rings is 1. The van der Waals surface area contributed by atoms with Crippen molar-refractivity contribution >= 4 is 28.9 Å². The summed E-state index contributed by atoms with van der Waals surface area (Å²) in [6.07, 6.45) is 2.91. The van der Waals surface area contributed by atoms with Crippen LogP contribution in [0, 0.1) is 11.3 Å². The van der Waals surface area contributed by atoms with E-state index in [2.05, 4.69) is 35.1 Å². The molecule has 1 aliphatic heterocycles. The summed E-state index contributed by atoms with van der Waals surface area (Å²) in [7, 11) is 0. The molecule has 0 unspecified atom stereocenters. The minimum atomic E-state index is -0.490. The van der Waals surface area contributed by atoms with Gasteiger partial charge in [-0.25, -0.2) is 24.7 Å². The third-order valence-corrected chi connectivity index (χ3v) is 6.06. The van der Waals surface area contributed by atoms with Gasteiger partial charge in [0.15, 0.2) is 0 Å². The number of amides is 1. The number of pyridine rings is 1. The second-order valence-corrected chi connectivity index (χ2v) is 10.1. The summed E-state index contributed by atoms with van der Waals surface area (Å²) in [6, 6.07) is 13.5. The molecule has 0 radical (unpaired) electrons. The maximum absolute atomic E-state index is 12.3. The molecular formula is C27H29N9O2. The summed E-state index contributed by atoms with van der Waals surface area (Å²) in [5.74, 6) is 1.26. The zero-order chi connectivity index (χ0) is 26.7. The average Bonchev–Trinajstić information content (AvgIpc) is 3.30. The first-order valence-electron chi connectivity index (χ1n) is 12.4. The molecule has 4 heterocycles. The topological polar surface area (TPSA) is 136 Å². The first-order valence-corrected chi connectivity index (χ1v) is 12.4. The van der Waals surface area contributed by atoms with Gasteiger partial charge in [-0.1, -0.05) is 6.07 Å². The smallest absolute Gasteiger partial charge is 0.410 e. The van der Waals surface area contributed by atoms with E-state index < -0.39 is 5.60 Å². The van der Waals surface area contributed by atoms with Crippen LogP contribution in [-0.4, -0.2) is 72.6 Å². The van der Waals surface area contributed by atoms with Crippen molar-refractivity contribution in [2.45, 2.75) is 32.9 Å². The lowest BCUT2D eigenvalue weighted by Crippen LogP contribution is -2.49. The highest BCUT2D eigenvalue weighted by Gasteiger charge is 2.25. The zero-order valence-corrected chi connectivity index (χ0v) is 21.6. The molecule has 1 aromatic carbocycles. The number of piperazine rings is 1. The molecule has 11 heteroatoms. The largest absolute Gasteiger partial charge is 0.444 e. The Balaban J connectivity index is 1.22. The number of hydrogen-bond acceptors (Lipinski definition) is 9. The quantitative estimate of drug-likeness (QED) is 0.406. The predicted molar refractivity (Wildman–Crippen MR) is 142 cm³/mol. The number of ether oxygens (including phenoxy) is 1. The van der Waals surface area contributed by atoms with Gasteiger partial charge in [-0.3, -0.25) is 4.90 Å². The SMILES string of the molecule is CC(C)(C)OC(=O)N1CCN(Cc2ccnc(Nc3nc4ccc(-c5cc(C#N)ncn5)cc4[nH]3)c2)CC1. The van der Waals surface area contributed by atoms with Crippen LogP contribution in [0.5, 0.6) is 0 Å². The number of nitriles is 1. The monoisotopic (exact) mass is 511 g/mol. The number of carbonyl (C=O) groups is 1. The van der Waals surface area contributed by atoms with Crippen LogP contribution < -0.4 is 5.32 Å². The summed E-state index contributed by atoms with van der Waals surface area (Å²) >= 11 is 0. The molecule has 1 saturated heterocycles. The first kappa shape index (κ1) is 25.1. The van der Waals surface area contributed by atoms with E-state index in [4.69, 9.17) is 10.00 Å². The minimum absolute atomic E-state index is 0.255. The molecule has 194 valence electrons. The molecular weight excluding hydrogens is 482 g/mol. The molecule has 1 fully saturated rings. The molecule has 0 saturated carbocycles. The van der Waals surface area contributed by atoms with Crippen molar-refractivity contribution in [1.29, 1.82) is 5.26 Å². The number of nitrogens with one attached hydrogen (secondary N) is 2. The van der Waals surface area contributed by atoms with Gasteiger partial charge in [0.2, 0.25) is 5.95 Å². The Labute approximate surface area is 220 Å². The van der Waals surface area contributed by atoms with Crippen molar-refractivity contribution in [2.75, 3.05) is 31.5 Å². The minimum Gasteiger partial charge on any atom is -0.444 e. The lowest BCUT2D eigenvalue weighted by Gasteiger charge is -2.35. The van der Waals surface area contributed by atoms with E-state index >= 15 is 0 Å². The van der Waals surface area contributed by atoms with Crippen LogP contribution >= 0.6 is 0 Å². The number of aromatic nitrogens is 5. The number of hydrogen-bond donors (Lipinski definition) is 2. The van der Waals surface area contributed by atoms with Gasteiger partial charge < -0.3 is 19.9 Å². The van der Waals surface area contributed by atoms with E-state index in [1.54, 1.807) is 17.2 Å². The first-order chi connectivity index (χ1) is 18.3. The summed E-state index contributed by atoms with van der Waals surface area (Å²) < 4.78 is 5.49. The van der Waals surface area contributed by atoms with E-state index in [0.717, 1.165) is 41.8 Å². The van der Waals surface area contributed by atoms with Gasteiger partial charge in [0.1, 0.15) is 29.5 Å². The molecule has 2 N–H and O–H groups in total. The molecule has 0 bridgehead atoms. The van der Waals surface area contributed by atoms with E-state index in [-0.39, 0.29) is 6.09 Å². The third-order valence-electron chi connectivity index (χ3n) is 6.06. The number of anilines is 2. The zero-order valence-electron chi connectivity index (χ0n) is 21.6. The van der Waals surface area contributed by atoms with Crippen molar-refractivity contribution in [3.8, 4) is 17.3 Å². The Kier molecular flexibility index (Phi) is 6.89. The maximum atomic E-state index is 12.3. The van der Waals surface area contributed by atoms with E-state index in [9.17, 15) is 4.79 Å². The van der Waals surface area contributed by atoms with Gasteiger partial charge in [-0.2, -0.15) is 5.26 Å². The van der Waals surface area contributed by atoms with Gasteiger partial charge >= 0.3 is 6.09 Å². The fourth-order valence-electron chi connectivity index (χ4n) is 4.24.